The molecule has 154 valence electrons. The van der Waals surface area contributed by atoms with Gasteiger partial charge in [-0.1, -0.05) is 24.3 Å². The zero-order valence-corrected chi connectivity index (χ0v) is 16.9. The van der Waals surface area contributed by atoms with Crippen LogP contribution in [0.1, 0.15) is 23.5 Å². The summed E-state index contributed by atoms with van der Waals surface area (Å²) in [4.78, 5) is 14.7. The minimum absolute atomic E-state index is 0.0200. The summed E-state index contributed by atoms with van der Waals surface area (Å²) in [6.45, 7) is 3.31. The highest BCUT2D eigenvalue weighted by molar-refractivity contribution is 5.96. The van der Waals surface area contributed by atoms with Gasteiger partial charge < -0.3 is 19.7 Å². The predicted molar refractivity (Wildman–Crippen MR) is 115 cm³/mol. The molecule has 2 aromatic carbocycles. The first-order chi connectivity index (χ1) is 14.7. The first-order valence-corrected chi connectivity index (χ1v) is 10.2. The summed E-state index contributed by atoms with van der Waals surface area (Å²) < 4.78 is 10.8. The first-order valence-electron chi connectivity index (χ1n) is 10.2. The molecule has 1 unspecified atom stereocenters. The summed E-state index contributed by atoms with van der Waals surface area (Å²) in [6.07, 6.45) is 0.389. The molecule has 0 radical (unpaired) electrons. The zero-order chi connectivity index (χ0) is 20.5. The summed E-state index contributed by atoms with van der Waals surface area (Å²) in [5.74, 6) is 1.30. The van der Waals surface area contributed by atoms with Gasteiger partial charge in [0.05, 0.1) is 26.0 Å². The Morgan fingerprint density at radius 3 is 2.70 bits per heavy atom. The number of ether oxygens (including phenoxy) is 2. The Bertz CT molecular complexity index is 1050. The number of methoxy groups -OCH3 is 1. The number of hydrogen-bond donors (Lipinski definition) is 2. The molecule has 7 heteroatoms. The molecule has 2 N–H and O–H groups in total. The van der Waals surface area contributed by atoms with Crippen LogP contribution in [-0.2, 0) is 9.53 Å². The van der Waals surface area contributed by atoms with Crippen LogP contribution in [0.25, 0.3) is 11.3 Å². The highest BCUT2D eigenvalue weighted by Crippen LogP contribution is 2.42. The molecule has 3 heterocycles. The number of carbonyl (C=O) groups excluding carboxylic acids is 1. The highest BCUT2D eigenvalue weighted by Gasteiger charge is 2.32. The number of benzene rings is 2. The van der Waals surface area contributed by atoms with Gasteiger partial charge in [-0.05, 0) is 29.8 Å². The Morgan fingerprint density at radius 1 is 1.13 bits per heavy atom. The molecule has 0 spiro atoms. The lowest BCUT2D eigenvalue weighted by Gasteiger charge is -2.29. The fraction of sp³-hybridized carbons (Fsp3) is 0.304. The van der Waals surface area contributed by atoms with Crippen molar-refractivity contribution in [1.82, 2.24) is 10.2 Å². The number of nitrogens with one attached hydrogen (secondary N) is 2. The molecule has 0 bridgehead atoms. The van der Waals surface area contributed by atoms with Crippen molar-refractivity contribution >= 4 is 17.4 Å². The Hall–Kier alpha value is -3.32. The number of aromatic nitrogens is 2. The monoisotopic (exact) mass is 404 g/mol. The SMILES string of the molecule is COc1cccc(-c2[nH]nc3c2C(c2ccc(N4CCOCC4)cc2)CC(=O)N3)c1. The van der Waals surface area contributed by atoms with E-state index in [2.05, 4.69) is 44.7 Å². The van der Waals surface area contributed by atoms with Crippen LogP contribution in [0.2, 0.25) is 0 Å². The maximum Gasteiger partial charge on any atom is 0.226 e. The summed E-state index contributed by atoms with van der Waals surface area (Å²) in [6, 6.07) is 16.4. The number of anilines is 2. The minimum Gasteiger partial charge on any atom is -0.497 e. The standard InChI is InChI=1S/C23H24N4O3/c1-29-18-4-2-3-16(13-18)22-21-19(14-20(28)24-23(21)26-25-22)15-5-7-17(8-6-15)27-9-11-30-12-10-27/h2-8,13,19H,9-12,14H2,1H3,(H2,24,25,26,28). The van der Waals surface area contributed by atoms with E-state index in [1.54, 1.807) is 7.11 Å². The molecular formula is C23H24N4O3. The van der Waals surface area contributed by atoms with Gasteiger partial charge in [-0.2, -0.15) is 5.10 Å². The smallest absolute Gasteiger partial charge is 0.226 e. The number of morpholine rings is 1. The van der Waals surface area contributed by atoms with Crippen molar-refractivity contribution in [2.75, 3.05) is 43.6 Å². The van der Waals surface area contributed by atoms with E-state index in [1.165, 1.54) is 5.69 Å². The zero-order valence-electron chi connectivity index (χ0n) is 16.9. The normalized spacial score (nSPS) is 18.6. The van der Waals surface area contributed by atoms with Crippen LogP contribution >= 0.6 is 0 Å². The summed E-state index contributed by atoms with van der Waals surface area (Å²) >= 11 is 0. The van der Waals surface area contributed by atoms with E-state index in [-0.39, 0.29) is 11.8 Å². The van der Waals surface area contributed by atoms with Crippen LogP contribution in [0, 0.1) is 0 Å². The van der Waals surface area contributed by atoms with E-state index in [9.17, 15) is 4.79 Å². The second-order valence-electron chi connectivity index (χ2n) is 7.59. The van der Waals surface area contributed by atoms with Gasteiger partial charge in [-0.25, -0.2) is 0 Å². The van der Waals surface area contributed by atoms with Crippen LogP contribution < -0.4 is 15.0 Å². The van der Waals surface area contributed by atoms with Gasteiger partial charge in [-0.15, -0.1) is 0 Å². The Labute approximate surface area is 175 Å². The number of amides is 1. The third-order valence-corrected chi connectivity index (χ3v) is 5.83. The predicted octanol–water partition coefficient (Wildman–Crippen LogP) is 3.40. The molecule has 2 aliphatic heterocycles. The van der Waals surface area contributed by atoms with Gasteiger partial charge in [-0.3, -0.25) is 9.89 Å². The molecular weight excluding hydrogens is 380 g/mol. The van der Waals surface area contributed by atoms with Crippen molar-refractivity contribution in [3.8, 4) is 17.0 Å². The molecule has 7 nitrogen and oxygen atoms in total. The van der Waals surface area contributed by atoms with E-state index in [0.29, 0.717) is 12.2 Å². The highest BCUT2D eigenvalue weighted by atomic mass is 16.5. The molecule has 30 heavy (non-hydrogen) atoms. The van der Waals surface area contributed by atoms with E-state index in [1.807, 2.05) is 24.3 Å². The van der Waals surface area contributed by atoms with Crippen molar-refractivity contribution in [2.24, 2.45) is 0 Å². The largest absolute Gasteiger partial charge is 0.497 e. The molecule has 1 saturated heterocycles. The van der Waals surface area contributed by atoms with Gasteiger partial charge in [0.25, 0.3) is 0 Å². The lowest BCUT2D eigenvalue weighted by atomic mass is 9.84. The van der Waals surface area contributed by atoms with Gasteiger partial charge in [0.1, 0.15) is 5.75 Å². The average molecular weight is 404 g/mol. The summed E-state index contributed by atoms with van der Waals surface area (Å²) in [7, 11) is 1.65. The number of rotatable bonds is 4. The van der Waals surface area contributed by atoms with Crippen molar-refractivity contribution in [3.05, 3.63) is 59.7 Å². The average Bonchev–Trinajstić information content (AvgIpc) is 3.23. The Balaban J connectivity index is 1.51. The van der Waals surface area contributed by atoms with E-state index < -0.39 is 0 Å². The quantitative estimate of drug-likeness (QED) is 0.697. The van der Waals surface area contributed by atoms with Crippen molar-refractivity contribution in [2.45, 2.75) is 12.3 Å². The van der Waals surface area contributed by atoms with Crippen LogP contribution in [-0.4, -0.2) is 49.5 Å². The number of nitrogens with zero attached hydrogens (tertiary/aromatic N) is 2. The third kappa shape index (κ3) is 3.41. The fourth-order valence-electron chi connectivity index (χ4n) is 4.28. The lowest BCUT2D eigenvalue weighted by molar-refractivity contribution is -0.116. The van der Waals surface area contributed by atoms with Crippen molar-refractivity contribution in [3.63, 3.8) is 0 Å². The number of aromatic amines is 1. The topological polar surface area (TPSA) is 79.5 Å². The van der Waals surface area contributed by atoms with Crippen LogP contribution in [0.4, 0.5) is 11.5 Å². The van der Waals surface area contributed by atoms with E-state index >= 15 is 0 Å². The second-order valence-corrected chi connectivity index (χ2v) is 7.59. The summed E-state index contributed by atoms with van der Waals surface area (Å²) in [5.41, 5.74) is 5.19. The van der Waals surface area contributed by atoms with E-state index in [4.69, 9.17) is 9.47 Å². The first kappa shape index (κ1) is 18.7. The van der Waals surface area contributed by atoms with Crippen LogP contribution in [0.15, 0.2) is 48.5 Å². The maximum atomic E-state index is 12.4. The second kappa shape index (κ2) is 7.84. The molecule has 2 aliphatic rings. The molecule has 5 rings (SSSR count). The molecule has 0 saturated carbocycles. The number of fused-ring (bicyclic) bond motifs is 1. The molecule has 1 aromatic heterocycles. The van der Waals surface area contributed by atoms with Gasteiger partial charge in [0.15, 0.2) is 5.82 Å². The molecule has 3 aromatic rings. The molecule has 1 atom stereocenters. The minimum atomic E-state index is -0.0626. The lowest BCUT2D eigenvalue weighted by Crippen LogP contribution is -2.36. The number of H-pyrrole nitrogens is 1. The maximum absolute atomic E-state index is 12.4. The van der Waals surface area contributed by atoms with Crippen molar-refractivity contribution in [1.29, 1.82) is 0 Å². The number of hydrogen-bond acceptors (Lipinski definition) is 5. The molecule has 1 fully saturated rings. The van der Waals surface area contributed by atoms with Crippen LogP contribution in [0.5, 0.6) is 5.75 Å². The fourth-order valence-corrected chi connectivity index (χ4v) is 4.28. The summed E-state index contributed by atoms with van der Waals surface area (Å²) in [5, 5.41) is 10.4. The van der Waals surface area contributed by atoms with Gasteiger partial charge in [0, 0.05) is 42.2 Å². The Kier molecular flexibility index (Phi) is 4.88. The number of carbonyl (C=O) groups is 1. The van der Waals surface area contributed by atoms with Gasteiger partial charge >= 0.3 is 0 Å². The van der Waals surface area contributed by atoms with E-state index in [0.717, 1.165) is 54.4 Å². The van der Waals surface area contributed by atoms with Crippen LogP contribution in [0.3, 0.4) is 0 Å². The molecule has 1 amide bonds. The Morgan fingerprint density at radius 2 is 1.93 bits per heavy atom. The van der Waals surface area contributed by atoms with Gasteiger partial charge in [0.2, 0.25) is 5.91 Å². The third-order valence-electron chi connectivity index (χ3n) is 5.83. The van der Waals surface area contributed by atoms with Crippen molar-refractivity contribution < 1.29 is 14.3 Å². The molecule has 0 aliphatic carbocycles.